The Bertz CT molecular complexity index is 391. The predicted octanol–water partition coefficient (Wildman–Crippen LogP) is 1.16. The van der Waals surface area contributed by atoms with Crippen LogP contribution in [0.15, 0.2) is 18.2 Å². The summed E-state index contributed by atoms with van der Waals surface area (Å²) in [5.41, 5.74) is 1.57. The Kier molecular flexibility index (Phi) is 1.86. The Morgan fingerprint density at radius 1 is 1.43 bits per heavy atom. The van der Waals surface area contributed by atoms with Gasteiger partial charge in [0.2, 0.25) is 0 Å². The Morgan fingerprint density at radius 3 is 2.79 bits per heavy atom. The maximum atomic E-state index is 11.4. The Labute approximate surface area is 82.8 Å². The second kappa shape index (κ2) is 2.82. The van der Waals surface area contributed by atoms with Crippen molar-refractivity contribution in [3.05, 3.63) is 34.9 Å². The molecule has 0 aromatic heterocycles. The van der Waals surface area contributed by atoms with Gasteiger partial charge in [-0.25, -0.2) is 0 Å². The number of carbonyl (C=O) groups is 1. The molecule has 1 amide bonds. The molecule has 1 aromatic carbocycles. The number of nitrogens with one attached hydrogen (secondary N) is 1. The van der Waals surface area contributed by atoms with Gasteiger partial charge in [-0.2, -0.15) is 0 Å². The first-order valence-corrected chi connectivity index (χ1v) is 4.62. The molecule has 0 atom stereocenters. The molecule has 14 heavy (non-hydrogen) atoms. The van der Waals surface area contributed by atoms with Crippen LogP contribution in [0.3, 0.4) is 0 Å². The molecule has 0 aliphatic carbocycles. The van der Waals surface area contributed by atoms with Crippen LogP contribution in [0.5, 0.6) is 0 Å². The average molecular weight is 191 g/mol. The van der Waals surface area contributed by atoms with Crippen LogP contribution in [0.25, 0.3) is 0 Å². The van der Waals surface area contributed by atoms with Crippen LogP contribution in [0.2, 0.25) is 0 Å². The number of fused-ring (bicyclic) bond motifs is 1. The number of hydrogen-bond acceptors (Lipinski definition) is 2. The lowest BCUT2D eigenvalue weighted by molar-refractivity contribution is 0.0785. The second-order valence-corrected chi connectivity index (χ2v) is 4.11. The highest BCUT2D eigenvalue weighted by atomic mass is 16.3. The van der Waals surface area contributed by atoms with Gasteiger partial charge >= 0.3 is 0 Å². The molecular formula is C11H13NO2. The first-order valence-electron chi connectivity index (χ1n) is 4.62. The molecule has 1 aromatic rings. The van der Waals surface area contributed by atoms with Crippen LogP contribution in [0.1, 0.15) is 35.3 Å². The summed E-state index contributed by atoms with van der Waals surface area (Å²) in [5, 5.41) is 12.5. The SMILES string of the molecule is CC(C)(O)c1ccc2c(c1)C(=O)NC2. The summed E-state index contributed by atoms with van der Waals surface area (Å²) in [6.07, 6.45) is 0. The zero-order valence-corrected chi connectivity index (χ0v) is 8.29. The average Bonchev–Trinajstić information content (AvgIpc) is 2.46. The van der Waals surface area contributed by atoms with Gasteiger partial charge in [-0.1, -0.05) is 12.1 Å². The zero-order chi connectivity index (χ0) is 10.3. The van der Waals surface area contributed by atoms with Crippen LogP contribution in [0, 0.1) is 0 Å². The molecule has 3 heteroatoms. The molecule has 1 aliphatic heterocycles. The smallest absolute Gasteiger partial charge is 0.251 e. The number of rotatable bonds is 1. The summed E-state index contributed by atoms with van der Waals surface area (Å²) in [6.45, 7) is 4.02. The third kappa shape index (κ3) is 1.40. The van der Waals surface area contributed by atoms with Crippen molar-refractivity contribution < 1.29 is 9.90 Å². The predicted molar refractivity (Wildman–Crippen MR) is 52.9 cm³/mol. The van der Waals surface area contributed by atoms with Gasteiger partial charge in [0.05, 0.1) is 5.60 Å². The fraction of sp³-hybridized carbons (Fsp3) is 0.364. The Hall–Kier alpha value is -1.35. The van der Waals surface area contributed by atoms with Gasteiger partial charge in [-0.05, 0) is 31.0 Å². The van der Waals surface area contributed by atoms with Gasteiger partial charge in [0.1, 0.15) is 0 Å². The van der Waals surface area contributed by atoms with Gasteiger partial charge in [-0.15, -0.1) is 0 Å². The molecule has 1 heterocycles. The third-order valence-corrected chi connectivity index (χ3v) is 2.50. The minimum atomic E-state index is -0.891. The van der Waals surface area contributed by atoms with E-state index in [1.807, 2.05) is 12.1 Å². The van der Waals surface area contributed by atoms with Crippen molar-refractivity contribution in [3.8, 4) is 0 Å². The van der Waals surface area contributed by atoms with Crippen molar-refractivity contribution in [1.29, 1.82) is 0 Å². The number of hydrogen-bond donors (Lipinski definition) is 2. The third-order valence-electron chi connectivity index (χ3n) is 2.50. The van der Waals surface area contributed by atoms with Gasteiger partial charge in [0.25, 0.3) is 5.91 Å². The Morgan fingerprint density at radius 2 is 2.14 bits per heavy atom. The highest BCUT2D eigenvalue weighted by molar-refractivity contribution is 5.98. The largest absolute Gasteiger partial charge is 0.386 e. The van der Waals surface area contributed by atoms with E-state index < -0.39 is 5.60 Å². The minimum Gasteiger partial charge on any atom is -0.386 e. The van der Waals surface area contributed by atoms with E-state index in [0.29, 0.717) is 12.1 Å². The molecule has 0 radical (unpaired) electrons. The van der Waals surface area contributed by atoms with Crippen LogP contribution in [-0.2, 0) is 12.1 Å². The van der Waals surface area contributed by atoms with Crippen molar-refractivity contribution in [3.63, 3.8) is 0 Å². The molecule has 0 bridgehead atoms. The van der Waals surface area contributed by atoms with Crippen molar-refractivity contribution in [2.75, 3.05) is 0 Å². The number of aliphatic hydroxyl groups is 1. The van der Waals surface area contributed by atoms with Gasteiger partial charge < -0.3 is 10.4 Å². The van der Waals surface area contributed by atoms with Gasteiger partial charge in [0, 0.05) is 12.1 Å². The molecule has 1 aliphatic rings. The van der Waals surface area contributed by atoms with E-state index in [1.165, 1.54) is 0 Å². The van der Waals surface area contributed by atoms with Crippen LogP contribution in [-0.4, -0.2) is 11.0 Å². The lowest BCUT2D eigenvalue weighted by Crippen LogP contribution is -2.17. The lowest BCUT2D eigenvalue weighted by atomic mass is 9.95. The normalized spacial score (nSPS) is 15.2. The molecule has 0 unspecified atom stereocenters. The number of amides is 1. The maximum absolute atomic E-state index is 11.4. The zero-order valence-electron chi connectivity index (χ0n) is 8.29. The molecule has 0 spiro atoms. The highest BCUT2D eigenvalue weighted by Crippen LogP contribution is 2.24. The molecule has 3 nitrogen and oxygen atoms in total. The van der Waals surface area contributed by atoms with E-state index in [4.69, 9.17) is 0 Å². The minimum absolute atomic E-state index is 0.0499. The molecule has 74 valence electrons. The van der Waals surface area contributed by atoms with E-state index in [1.54, 1.807) is 19.9 Å². The summed E-state index contributed by atoms with van der Waals surface area (Å²) >= 11 is 0. The molecule has 0 saturated carbocycles. The van der Waals surface area contributed by atoms with Gasteiger partial charge in [-0.3, -0.25) is 4.79 Å². The topological polar surface area (TPSA) is 49.3 Å². The number of benzene rings is 1. The van der Waals surface area contributed by atoms with E-state index in [2.05, 4.69) is 5.32 Å². The summed E-state index contributed by atoms with van der Waals surface area (Å²) < 4.78 is 0. The van der Waals surface area contributed by atoms with Gasteiger partial charge in [0.15, 0.2) is 0 Å². The van der Waals surface area contributed by atoms with E-state index in [0.717, 1.165) is 11.1 Å². The van der Waals surface area contributed by atoms with Crippen molar-refractivity contribution in [1.82, 2.24) is 5.32 Å². The van der Waals surface area contributed by atoms with E-state index >= 15 is 0 Å². The summed E-state index contributed by atoms with van der Waals surface area (Å²) in [7, 11) is 0. The fourth-order valence-electron chi connectivity index (χ4n) is 1.59. The van der Waals surface area contributed by atoms with E-state index in [-0.39, 0.29) is 5.91 Å². The summed E-state index contributed by atoms with van der Waals surface area (Å²) in [6, 6.07) is 5.51. The quantitative estimate of drug-likeness (QED) is 0.699. The Balaban J connectivity index is 2.50. The lowest BCUT2D eigenvalue weighted by Gasteiger charge is -2.18. The standard InChI is InChI=1S/C11H13NO2/c1-11(2,14)8-4-3-7-6-12-10(13)9(7)5-8/h3-5,14H,6H2,1-2H3,(H,12,13). The number of carbonyl (C=O) groups excluding carboxylic acids is 1. The molecular weight excluding hydrogens is 178 g/mol. The van der Waals surface area contributed by atoms with Crippen molar-refractivity contribution in [2.24, 2.45) is 0 Å². The summed E-state index contributed by atoms with van der Waals surface area (Å²) in [4.78, 5) is 11.4. The van der Waals surface area contributed by atoms with Crippen LogP contribution < -0.4 is 5.32 Å². The maximum Gasteiger partial charge on any atom is 0.251 e. The second-order valence-electron chi connectivity index (χ2n) is 4.11. The molecule has 0 saturated heterocycles. The van der Waals surface area contributed by atoms with Crippen molar-refractivity contribution >= 4 is 5.91 Å². The summed E-state index contributed by atoms with van der Waals surface area (Å²) in [5.74, 6) is -0.0499. The first-order chi connectivity index (χ1) is 6.48. The van der Waals surface area contributed by atoms with Crippen molar-refractivity contribution in [2.45, 2.75) is 26.0 Å². The fourth-order valence-corrected chi connectivity index (χ4v) is 1.59. The molecule has 0 fully saturated rings. The van der Waals surface area contributed by atoms with E-state index in [9.17, 15) is 9.90 Å². The molecule has 2 rings (SSSR count). The first kappa shape index (κ1) is 9.21. The molecule has 2 N–H and O–H groups in total. The highest BCUT2D eigenvalue weighted by Gasteiger charge is 2.23. The monoisotopic (exact) mass is 191 g/mol. The van der Waals surface area contributed by atoms with Crippen LogP contribution >= 0.6 is 0 Å². The van der Waals surface area contributed by atoms with Crippen LogP contribution in [0.4, 0.5) is 0 Å².